The van der Waals surface area contributed by atoms with E-state index in [9.17, 15) is 4.39 Å². The minimum absolute atomic E-state index is 0.0294. The van der Waals surface area contributed by atoms with Crippen molar-refractivity contribution in [3.63, 3.8) is 0 Å². The summed E-state index contributed by atoms with van der Waals surface area (Å²) >= 11 is 3.41. The quantitative estimate of drug-likeness (QED) is 0.681. The van der Waals surface area contributed by atoms with Gasteiger partial charge in [-0.2, -0.15) is 0 Å². The summed E-state index contributed by atoms with van der Waals surface area (Å²) in [6, 6.07) is 8.77. The van der Waals surface area contributed by atoms with Crippen LogP contribution in [-0.4, -0.2) is 11.7 Å². The van der Waals surface area contributed by atoms with Gasteiger partial charge in [-0.25, -0.2) is 4.39 Å². The molecule has 0 aliphatic heterocycles. The first-order valence-corrected chi connectivity index (χ1v) is 7.70. The second-order valence-corrected chi connectivity index (χ2v) is 6.02. The van der Waals surface area contributed by atoms with Crippen LogP contribution in [0.25, 0.3) is 0 Å². The molecule has 0 spiro atoms. The zero-order valence-corrected chi connectivity index (χ0v) is 11.9. The fraction of sp³-hybridized carbons (Fsp3) is 0.200. The van der Waals surface area contributed by atoms with Gasteiger partial charge in [0.2, 0.25) is 0 Å². The molecule has 0 aliphatic rings. The molecule has 4 heteroatoms. The topological polar surface area (TPSA) is 20.2 Å². The van der Waals surface area contributed by atoms with Gasteiger partial charge in [-0.1, -0.05) is 24.0 Å². The Balaban J connectivity index is 2.12. The first-order valence-electron chi connectivity index (χ1n) is 5.84. The van der Waals surface area contributed by atoms with Gasteiger partial charge < -0.3 is 5.11 Å². The van der Waals surface area contributed by atoms with Gasteiger partial charge in [0.15, 0.2) is 0 Å². The van der Waals surface area contributed by atoms with Gasteiger partial charge in [0, 0.05) is 17.7 Å². The lowest BCUT2D eigenvalue weighted by Gasteiger charge is -2.03. The molecule has 0 radical (unpaired) electrons. The van der Waals surface area contributed by atoms with Crippen molar-refractivity contribution in [3.8, 4) is 11.8 Å². The Bertz CT molecular complexity index is 582. The number of hydrogen-bond acceptors (Lipinski definition) is 3. The second kappa shape index (κ2) is 7.34. The van der Waals surface area contributed by atoms with Crippen LogP contribution in [-0.2, 0) is 5.75 Å². The Morgan fingerprint density at radius 3 is 2.95 bits per heavy atom. The number of hydrogen-bond donors (Lipinski definition) is 1. The third-order valence-corrected chi connectivity index (χ3v) is 4.58. The molecule has 0 saturated heterocycles. The number of benzene rings is 1. The highest BCUT2D eigenvalue weighted by molar-refractivity contribution is 8.00. The summed E-state index contributed by atoms with van der Waals surface area (Å²) in [5.74, 6) is 6.25. The molecule has 0 unspecified atom stereocenters. The summed E-state index contributed by atoms with van der Waals surface area (Å²) in [4.78, 5) is 0. The van der Waals surface area contributed by atoms with Crippen LogP contribution in [0.5, 0.6) is 0 Å². The first kappa shape index (κ1) is 14.1. The molecule has 0 aliphatic carbocycles. The molecule has 1 aromatic carbocycles. The van der Waals surface area contributed by atoms with Gasteiger partial charge in [-0.3, -0.25) is 0 Å². The number of rotatable bonds is 4. The molecular formula is C15H13FOS2. The van der Waals surface area contributed by atoms with E-state index in [0.717, 1.165) is 11.3 Å². The summed E-state index contributed by atoms with van der Waals surface area (Å²) in [6.45, 7) is 0.0294. The molecule has 0 atom stereocenters. The largest absolute Gasteiger partial charge is 0.395 e. The zero-order chi connectivity index (χ0) is 13.5. The third-order valence-electron chi connectivity index (χ3n) is 2.40. The lowest BCUT2D eigenvalue weighted by atomic mass is 10.1. The van der Waals surface area contributed by atoms with Gasteiger partial charge >= 0.3 is 0 Å². The number of aliphatic hydroxyl groups is 1. The average Bonchev–Trinajstić information content (AvgIpc) is 2.91. The van der Waals surface area contributed by atoms with Gasteiger partial charge in [-0.05, 0) is 29.1 Å². The number of thioether (sulfide) groups is 1. The van der Waals surface area contributed by atoms with Crippen molar-refractivity contribution in [2.45, 2.75) is 16.4 Å². The lowest BCUT2D eigenvalue weighted by Crippen LogP contribution is -1.89. The van der Waals surface area contributed by atoms with Crippen molar-refractivity contribution in [2.24, 2.45) is 0 Å². The smallest absolute Gasteiger partial charge is 0.124 e. The van der Waals surface area contributed by atoms with Gasteiger partial charge in [-0.15, -0.1) is 23.1 Å². The highest BCUT2D eigenvalue weighted by Gasteiger charge is 2.04. The minimum atomic E-state index is -0.279. The van der Waals surface area contributed by atoms with Crippen molar-refractivity contribution in [1.29, 1.82) is 0 Å². The van der Waals surface area contributed by atoms with Crippen LogP contribution in [0, 0.1) is 17.7 Å². The summed E-state index contributed by atoms with van der Waals surface area (Å²) in [6.07, 6.45) is 0.411. The summed E-state index contributed by atoms with van der Waals surface area (Å²) in [5, 5.41) is 10.8. The molecule has 98 valence electrons. The number of thiophene rings is 1. The van der Waals surface area contributed by atoms with Crippen molar-refractivity contribution in [2.75, 3.05) is 6.61 Å². The molecule has 0 fully saturated rings. The van der Waals surface area contributed by atoms with Crippen LogP contribution >= 0.6 is 23.1 Å². The Hall–Kier alpha value is -1.28. The Kier molecular flexibility index (Phi) is 5.46. The second-order valence-electron chi connectivity index (χ2n) is 3.80. The molecule has 0 amide bonds. The highest BCUT2D eigenvalue weighted by Crippen LogP contribution is 2.28. The average molecular weight is 292 g/mol. The van der Waals surface area contributed by atoms with Crippen LogP contribution in [0.2, 0.25) is 0 Å². The third kappa shape index (κ3) is 4.39. The van der Waals surface area contributed by atoms with Crippen LogP contribution in [0.1, 0.15) is 17.5 Å². The normalized spacial score (nSPS) is 10.0. The molecule has 0 bridgehead atoms. The van der Waals surface area contributed by atoms with E-state index < -0.39 is 0 Å². The van der Waals surface area contributed by atoms with E-state index in [1.807, 2.05) is 11.4 Å². The number of halogens is 1. The van der Waals surface area contributed by atoms with E-state index in [1.165, 1.54) is 16.3 Å². The van der Waals surface area contributed by atoms with Crippen LogP contribution < -0.4 is 0 Å². The van der Waals surface area contributed by atoms with E-state index in [4.69, 9.17) is 5.11 Å². The predicted molar refractivity (Wildman–Crippen MR) is 78.9 cm³/mol. The van der Waals surface area contributed by atoms with E-state index in [1.54, 1.807) is 29.2 Å². The lowest BCUT2D eigenvalue weighted by molar-refractivity contribution is 0.305. The standard InChI is InChI=1S/C15H13FOS2/c16-14-7-6-13(11-19-15-5-3-9-18-15)12(10-14)4-1-2-8-17/h3,5-7,9-10,17H,2,8,11H2. The fourth-order valence-electron chi connectivity index (χ4n) is 1.50. The van der Waals surface area contributed by atoms with Crippen LogP contribution in [0.4, 0.5) is 4.39 Å². The Morgan fingerprint density at radius 1 is 1.32 bits per heavy atom. The maximum absolute atomic E-state index is 13.2. The van der Waals surface area contributed by atoms with Crippen LogP contribution in [0.3, 0.4) is 0 Å². The molecule has 2 aromatic rings. The maximum Gasteiger partial charge on any atom is 0.124 e. The van der Waals surface area contributed by atoms with Crippen molar-refractivity contribution >= 4 is 23.1 Å². The van der Waals surface area contributed by atoms with E-state index in [-0.39, 0.29) is 12.4 Å². The molecule has 2 rings (SSSR count). The molecule has 1 heterocycles. The summed E-state index contributed by atoms with van der Waals surface area (Å²) in [5.41, 5.74) is 1.72. The van der Waals surface area contributed by atoms with E-state index in [2.05, 4.69) is 17.9 Å². The zero-order valence-electron chi connectivity index (χ0n) is 10.2. The van der Waals surface area contributed by atoms with Gasteiger partial charge in [0.05, 0.1) is 10.8 Å². The predicted octanol–water partition coefficient (Wildman–Crippen LogP) is 3.91. The van der Waals surface area contributed by atoms with Crippen molar-refractivity contribution < 1.29 is 9.50 Å². The molecular weight excluding hydrogens is 279 g/mol. The summed E-state index contributed by atoms with van der Waals surface area (Å²) < 4.78 is 14.5. The van der Waals surface area contributed by atoms with Crippen molar-refractivity contribution in [3.05, 3.63) is 52.7 Å². The monoisotopic (exact) mass is 292 g/mol. The van der Waals surface area contributed by atoms with Gasteiger partial charge in [0.25, 0.3) is 0 Å². The van der Waals surface area contributed by atoms with Crippen LogP contribution in [0.15, 0.2) is 39.9 Å². The minimum Gasteiger partial charge on any atom is -0.395 e. The molecule has 1 N–H and O–H groups in total. The maximum atomic E-state index is 13.2. The molecule has 0 saturated carbocycles. The Morgan fingerprint density at radius 2 is 2.21 bits per heavy atom. The Labute approximate surface area is 120 Å². The van der Waals surface area contributed by atoms with Gasteiger partial charge in [0.1, 0.15) is 5.82 Å². The molecule has 1 nitrogen and oxygen atoms in total. The molecule has 19 heavy (non-hydrogen) atoms. The van der Waals surface area contributed by atoms with E-state index >= 15 is 0 Å². The van der Waals surface area contributed by atoms with Crippen molar-refractivity contribution in [1.82, 2.24) is 0 Å². The first-order chi connectivity index (χ1) is 9.29. The van der Waals surface area contributed by atoms with E-state index in [0.29, 0.717) is 12.0 Å². The fourth-order valence-corrected chi connectivity index (χ4v) is 3.29. The number of aliphatic hydroxyl groups excluding tert-OH is 1. The summed E-state index contributed by atoms with van der Waals surface area (Å²) in [7, 11) is 0. The molecule has 1 aromatic heterocycles. The SMILES string of the molecule is OCCC#Cc1cc(F)ccc1CSc1cccs1. The highest BCUT2D eigenvalue weighted by atomic mass is 32.2.